The van der Waals surface area contributed by atoms with Crippen molar-refractivity contribution in [1.82, 2.24) is 20.6 Å². The summed E-state index contributed by atoms with van der Waals surface area (Å²) in [6.45, 7) is 3.71. The van der Waals surface area contributed by atoms with Crippen molar-refractivity contribution in [3.05, 3.63) is 52.0 Å². The highest BCUT2D eigenvalue weighted by atomic mass is 79.9. The summed E-state index contributed by atoms with van der Waals surface area (Å²) in [5, 5.41) is 24.3. The first kappa shape index (κ1) is 19.0. The molecule has 1 aromatic heterocycles. The van der Waals surface area contributed by atoms with Crippen LogP contribution in [0.4, 0.5) is 0 Å². The largest absolute Gasteiger partial charge is 0.506 e. The molecule has 1 atom stereocenters. The number of Topliss-reactive ketones (excluding diaryl/α,β-unsaturated/α-hetero) is 1. The van der Waals surface area contributed by atoms with Crippen LogP contribution >= 0.6 is 15.9 Å². The van der Waals surface area contributed by atoms with Crippen molar-refractivity contribution in [2.24, 2.45) is 5.92 Å². The Morgan fingerprint density at radius 1 is 1.33 bits per heavy atom. The number of benzene rings is 2. The molecule has 0 saturated carbocycles. The van der Waals surface area contributed by atoms with Gasteiger partial charge in [-0.2, -0.15) is 5.21 Å². The Morgan fingerprint density at radius 2 is 2.15 bits per heavy atom. The molecule has 2 N–H and O–H groups in total. The van der Waals surface area contributed by atoms with Gasteiger partial charge in [-0.1, -0.05) is 31.2 Å². The zero-order valence-corrected chi connectivity index (χ0v) is 16.5. The number of aromatic hydroxyl groups is 1. The average molecular weight is 431 g/mol. The molecule has 0 fully saturated rings. The van der Waals surface area contributed by atoms with Gasteiger partial charge < -0.3 is 9.84 Å². The van der Waals surface area contributed by atoms with E-state index >= 15 is 0 Å². The van der Waals surface area contributed by atoms with Crippen LogP contribution in [0, 0.1) is 5.92 Å². The third-order valence-corrected chi connectivity index (χ3v) is 5.08. The summed E-state index contributed by atoms with van der Waals surface area (Å²) < 4.78 is 6.32. The van der Waals surface area contributed by atoms with E-state index < -0.39 is 0 Å². The summed E-state index contributed by atoms with van der Waals surface area (Å²) in [5.41, 5.74) is 2.47. The molecule has 0 aliphatic carbocycles. The number of nitrogens with one attached hydrogen (secondary N) is 1. The van der Waals surface area contributed by atoms with Crippen molar-refractivity contribution in [3.8, 4) is 22.9 Å². The van der Waals surface area contributed by atoms with E-state index in [1.54, 1.807) is 19.1 Å². The van der Waals surface area contributed by atoms with Crippen LogP contribution in [0.5, 0.6) is 11.5 Å². The molecular weight excluding hydrogens is 412 g/mol. The number of aromatic nitrogens is 4. The summed E-state index contributed by atoms with van der Waals surface area (Å²) in [4.78, 5) is 11.5. The fourth-order valence-electron chi connectivity index (χ4n) is 2.58. The van der Waals surface area contributed by atoms with Gasteiger partial charge in [0.25, 0.3) is 0 Å². The van der Waals surface area contributed by atoms with Crippen molar-refractivity contribution < 1.29 is 14.6 Å². The van der Waals surface area contributed by atoms with Crippen LogP contribution < -0.4 is 4.74 Å². The minimum Gasteiger partial charge on any atom is -0.506 e. The van der Waals surface area contributed by atoms with E-state index in [1.165, 1.54) is 0 Å². The van der Waals surface area contributed by atoms with Crippen LogP contribution in [0.25, 0.3) is 11.4 Å². The number of tetrazole rings is 1. The van der Waals surface area contributed by atoms with E-state index in [1.807, 2.05) is 31.2 Å². The van der Waals surface area contributed by atoms with Crippen molar-refractivity contribution >= 4 is 21.7 Å². The summed E-state index contributed by atoms with van der Waals surface area (Å²) in [6, 6.07) is 11.2. The number of rotatable bonds is 7. The molecular formula is C19H19BrN4O3. The molecule has 0 radical (unpaired) electrons. The highest BCUT2D eigenvalue weighted by Gasteiger charge is 2.16. The summed E-state index contributed by atoms with van der Waals surface area (Å²) in [7, 11) is 0. The van der Waals surface area contributed by atoms with Gasteiger partial charge in [0.2, 0.25) is 5.82 Å². The van der Waals surface area contributed by atoms with Crippen molar-refractivity contribution in [2.45, 2.75) is 26.9 Å². The van der Waals surface area contributed by atoms with Crippen LogP contribution in [0.2, 0.25) is 0 Å². The SMILES string of the molecule is CC(=O)C(C)Cc1ccc(OCc2cccc(-c3nn[nH]n3)c2)c(Br)c1O. The van der Waals surface area contributed by atoms with E-state index in [0.29, 0.717) is 34.6 Å². The normalized spacial score (nSPS) is 12.0. The van der Waals surface area contributed by atoms with Gasteiger partial charge >= 0.3 is 0 Å². The lowest BCUT2D eigenvalue weighted by Crippen LogP contribution is -2.09. The monoisotopic (exact) mass is 430 g/mol. The Bertz CT molecular complexity index is 944. The van der Waals surface area contributed by atoms with E-state index in [-0.39, 0.29) is 17.5 Å². The minimum atomic E-state index is -0.151. The number of hydrogen-bond donors (Lipinski definition) is 2. The van der Waals surface area contributed by atoms with Crippen molar-refractivity contribution in [2.75, 3.05) is 0 Å². The van der Waals surface area contributed by atoms with Crippen LogP contribution in [0.15, 0.2) is 40.9 Å². The van der Waals surface area contributed by atoms with E-state index in [2.05, 4.69) is 36.6 Å². The van der Waals surface area contributed by atoms with Gasteiger partial charge in [-0.15, -0.1) is 10.2 Å². The number of H-pyrrole nitrogens is 1. The van der Waals surface area contributed by atoms with Crippen LogP contribution in [-0.2, 0) is 17.8 Å². The molecule has 0 bridgehead atoms. The second-order valence-corrected chi connectivity index (χ2v) is 7.12. The molecule has 0 spiro atoms. The number of carbonyl (C=O) groups excluding carboxylic acids is 1. The molecule has 3 rings (SSSR count). The third-order valence-electron chi connectivity index (χ3n) is 4.31. The Morgan fingerprint density at radius 3 is 2.85 bits per heavy atom. The van der Waals surface area contributed by atoms with Gasteiger partial charge in [0.15, 0.2) is 0 Å². The second kappa shape index (κ2) is 8.30. The second-order valence-electron chi connectivity index (χ2n) is 6.33. The van der Waals surface area contributed by atoms with Crippen molar-refractivity contribution in [3.63, 3.8) is 0 Å². The van der Waals surface area contributed by atoms with Gasteiger partial charge in [-0.05, 0) is 57.7 Å². The van der Waals surface area contributed by atoms with E-state index in [4.69, 9.17) is 4.74 Å². The van der Waals surface area contributed by atoms with Crippen molar-refractivity contribution in [1.29, 1.82) is 0 Å². The lowest BCUT2D eigenvalue weighted by molar-refractivity contribution is -0.120. The Labute approximate surface area is 164 Å². The Hall–Kier alpha value is -2.74. The molecule has 27 heavy (non-hydrogen) atoms. The standard InChI is InChI=1S/C19H19BrN4O3/c1-11(12(2)25)8-14-6-7-16(17(20)18(14)26)27-10-13-4-3-5-15(9-13)19-21-23-24-22-19/h3-7,9,11,26H,8,10H2,1-2H3,(H,21,22,23,24). The number of ether oxygens (including phenoxy) is 1. The fourth-order valence-corrected chi connectivity index (χ4v) is 3.08. The maximum Gasteiger partial charge on any atom is 0.204 e. The average Bonchev–Trinajstić information content (AvgIpc) is 3.20. The van der Waals surface area contributed by atoms with Crippen LogP contribution in [0.1, 0.15) is 25.0 Å². The lowest BCUT2D eigenvalue weighted by Gasteiger charge is -2.14. The molecule has 0 saturated heterocycles. The number of phenols is 1. The quantitative estimate of drug-likeness (QED) is 0.592. The predicted molar refractivity (Wildman–Crippen MR) is 103 cm³/mol. The summed E-state index contributed by atoms with van der Waals surface area (Å²) in [6.07, 6.45) is 0.479. The number of aromatic amines is 1. The number of carbonyl (C=O) groups is 1. The molecule has 7 nitrogen and oxygen atoms in total. The molecule has 0 aliphatic heterocycles. The molecule has 140 valence electrons. The third kappa shape index (κ3) is 4.51. The first-order valence-electron chi connectivity index (χ1n) is 8.42. The zero-order chi connectivity index (χ0) is 19.4. The maximum absolute atomic E-state index is 11.5. The smallest absolute Gasteiger partial charge is 0.204 e. The molecule has 1 unspecified atom stereocenters. The van der Waals surface area contributed by atoms with Gasteiger partial charge in [0.1, 0.15) is 28.4 Å². The molecule has 1 heterocycles. The van der Waals surface area contributed by atoms with Gasteiger partial charge in [-0.3, -0.25) is 4.79 Å². The molecule has 0 amide bonds. The number of nitrogens with zero attached hydrogens (tertiary/aromatic N) is 3. The molecule has 8 heteroatoms. The maximum atomic E-state index is 11.5. The molecule has 3 aromatic rings. The number of hydrogen-bond acceptors (Lipinski definition) is 6. The Balaban J connectivity index is 1.72. The predicted octanol–water partition coefficient (Wildman–Crippen LogP) is 3.68. The summed E-state index contributed by atoms with van der Waals surface area (Å²) in [5.74, 6) is 1.08. The fraction of sp³-hybridized carbons (Fsp3) is 0.263. The van der Waals surface area contributed by atoms with Gasteiger partial charge in [0.05, 0.1) is 0 Å². The Kier molecular flexibility index (Phi) is 5.85. The minimum absolute atomic E-state index is 0.0901. The van der Waals surface area contributed by atoms with Crippen LogP contribution in [0.3, 0.4) is 0 Å². The molecule has 2 aromatic carbocycles. The number of ketones is 1. The number of halogens is 1. The lowest BCUT2D eigenvalue weighted by atomic mass is 9.97. The zero-order valence-electron chi connectivity index (χ0n) is 14.9. The van der Waals surface area contributed by atoms with Gasteiger partial charge in [-0.25, -0.2) is 0 Å². The van der Waals surface area contributed by atoms with Crippen LogP contribution in [-0.4, -0.2) is 31.5 Å². The topological polar surface area (TPSA) is 101 Å². The summed E-state index contributed by atoms with van der Waals surface area (Å²) >= 11 is 3.39. The highest BCUT2D eigenvalue weighted by molar-refractivity contribution is 9.10. The first-order valence-corrected chi connectivity index (χ1v) is 9.21. The van der Waals surface area contributed by atoms with E-state index in [9.17, 15) is 9.90 Å². The first-order chi connectivity index (χ1) is 13.0. The molecule has 0 aliphatic rings. The van der Waals surface area contributed by atoms with E-state index in [0.717, 1.165) is 11.1 Å². The van der Waals surface area contributed by atoms with Gasteiger partial charge in [0, 0.05) is 11.5 Å². The number of phenolic OH excluding ortho intramolecular Hbond substituents is 1. The highest BCUT2D eigenvalue weighted by Crippen LogP contribution is 2.38.